The third-order valence-electron chi connectivity index (χ3n) is 4.87. The van der Waals surface area contributed by atoms with Crippen LogP contribution in [0.1, 0.15) is 36.0 Å². The molecule has 1 saturated heterocycles. The number of H-pyrrole nitrogens is 1. The van der Waals surface area contributed by atoms with Crippen molar-refractivity contribution < 1.29 is 9.53 Å². The molecule has 2 aromatic rings. The molecule has 0 bridgehead atoms. The molecule has 1 fully saturated rings. The quantitative estimate of drug-likeness (QED) is 0.826. The highest BCUT2D eigenvalue weighted by atomic mass is 16.5. The van der Waals surface area contributed by atoms with Gasteiger partial charge >= 0.3 is 0 Å². The van der Waals surface area contributed by atoms with Gasteiger partial charge in [-0.25, -0.2) is 9.78 Å². The number of anilines is 1. The normalized spacial score (nSPS) is 19.5. The molecule has 26 heavy (non-hydrogen) atoms. The van der Waals surface area contributed by atoms with Gasteiger partial charge in [-0.1, -0.05) is 0 Å². The van der Waals surface area contributed by atoms with E-state index in [1.165, 1.54) is 6.07 Å². The van der Waals surface area contributed by atoms with Gasteiger partial charge in [0.2, 0.25) is 5.88 Å². The number of hydrogen-bond donors (Lipinski definition) is 2. The topological polar surface area (TPSA) is 105 Å². The van der Waals surface area contributed by atoms with Gasteiger partial charge in [0, 0.05) is 38.2 Å². The van der Waals surface area contributed by atoms with E-state index in [9.17, 15) is 9.59 Å². The first-order valence-corrected chi connectivity index (χ1v) is 9.01. The minimum atomic E-state index is -0.221. The van der Waals surface area contributed by atoms with Crippen LogP contribution in [0.4, 0.5) is 5.82 Å². The van der Waals surface area contributed by atoms with E-state index in [-0.39, 0.29) is 17.5 Å². The standard InChI is InChI=1S/C17H22N6O3/c24-15-6-5-14(20-21-15)22-7-2-1-4-12(22)10-18-16(25)13-11-19-23-8-3-9-26-17(13)23/h5-6,11-12H,1-4,7-10H2,(H,18,25)(H,21,24). The van der Waals surface area contributed by atoms with Crippen LogP contribution in [0, 0.1) is 0 Å². The number of ether oxygens (including phenoxy) is 1. The number of aryl methyl sites for hydroxylation is 1. The Hall–Kier alpha value is -2.84. The van der Waals surface area contributed by atoms with E-state index in [4.69, 9.17) is 4.74 Å². The number of aromatic amines is 1. The minimum absolute atomic E-state index is 0.137. The fourth-order valence-corrected chi connectivity index (χ4v) is 3.54. The second-order valence-corrected chi connectivity index (χ2v) is 6.62. The van der Waals surface area contributed by atoms with Gasteiger partial charge < -0.3 is 15.0 Å². The smallest absolute Gasteiger partial charge is 0.264 e. The van der Waals surface area contributed by atoms with E-state index in [0.717, 1.165) is 44.6 Å². The molecule has 0 aliphatic carbocycles. The maximum Gasteiger partial charge on any atom is 0.264 e. The van der Waals surface area contributed by atoms with Gasteiger partial charge in [-0.2, -0.15) is 10.2 Å². The summed E-state index contributed by atoms with van der Waals surface area (Å²) in [7, 11) is 0. The molecule has 0 aromatic carbocycles. The predicted octanol–water partition coefficient (Wildman–Crippen LogP) is 0.538. The summed E-state index contributed by atoms with van der Waals surface area (Å²) in [5, 5.41) is 13.8. The largest absolute Gasteiger partial charge is 0.477 e. The van der Waals surface area contributed by atoms with Crippen LogP contribution in [-0.2, 0) is 6.54 Å². The molecule has 1 unspecified atom stereocenters. The first-order chi connectivity index (χ1) is 12.7. The van der Waals surface area contributed by atoms with Gasteiger partial charge in [-0.05, 0) is 25.3 Å². The maximum atomic E-state index is 12.6. The summed E-state index contributed by atoms with van der Waals surface area (Å²) in [6.45, 7) is 2.74. The van der Waals surface area contributed by atoms with Gasteiger partial charge in [0.25, 0.3) is 11.5 Å². The van der Waals surface area contributed by atoms with Crippen molar-refractivity contribution in [2.45, 2.75) is 38.3 Å². The molecule has 0 radical (unpaired) electrons. The summed E-state index contributed by atoms with van der Waals surface area (Å²) in [4.78, 5) is 26.0. The Morgan fingerprint density at radius 1 is 1.31 bits per heavy atom. The number of nitrogens with zero attached hydrogens (tertiary/aromatic N) is 4. The number of rotatable bonds is 4. The van der Waals surface area contributed by atoms with Crippen LogP contribution in [0.3, 0.4) is 0 Å². The van der Waals surface area contributed by atoms with Crippen molar-refractivity contribution in [3.8, 4) is 5.88 Å². The number of carbonyl (C=O) groups is 1. The van der Waals surface area contributed by atoms with Crippen molar-refractivity contribution in [2.24, 2.45) is 0 Å². The van der Waals surface area contributed by atoms with E-state index in [1.54, 1.807) is 16.9 Å². The van der Waals surface area contributed by atoms with Crippen molar-refractivity contribution in [1.82, 2.24) is 25.3 Å². The molecule has 0 spiro atoms. The zero-order valence-corrected chi connectivity index (χ0v) is 14.5. The summed E-state index contributed by atoms with van der Waals surface area (Å²) >= 11 is 0. The fourth-order valence-electron chi connectivity index (χ4n) is 3.54. The monoisotopic (exact) mass is 358 g/mol. The summed E-state index contributed by atoms with van der Waals surface area (Å²) in [5.41, 5.74) is 0.260. The first-order valence-electron chi connectivity index (χ1n) is 9.01. The molecule has 2 aliphatic heterocycles. The second-order valence-electron chi connectivity index (χ2n) is 6.62. The number of aromatic nitrogens is 4. The maximum absolute atomic E-state index is 12.6. The number of nitrogens with one attached hydrogen (secondary N) is 2. The Bertz CT molecular complexity index is 825. The molecule has 1 atom stereocenters. The number of hydrogen-bond acceptors (Lipinski definition) is 6. The lowest BCUT2D eigenvalue weighted by Crippen LogP contribution is -2.47. The van der Waals surface area contributed by atoms with E-state index in [0.29, 0.717) is 24.6 Å². The molecule has 1 amide bonds. The third kappa shape index (κ3) is 3.29. The van der Waals surface area contributed by atoms with Crippen molar-refractivity contribution in [3.63, 3.8) is 0 Å². The van der Waals surface area contributed by atoms with Gasteiger partial charge in [-0.15, -0.1) is 0 Å². The van der Waals surface area contributed by atoms with E-state index < -0.39 is 0 Å². The van der Waals surface area contributed by atoms with Gasteiger partial charge in [0.15, 0.2) is 0 Å². The molecule has 4 heterocycles. The third-order valence-corrected chi connectivity index (χ3v) is 4.87. The number of fused-ring (bicyclic) bond motifs is 1. The molecule has 138 valence electrons. The molecule has 9 heteroatoms. The molecular formula is C17H22N6O3. The van der Waals surface area contributed by atoms with Gasteiger partial charge in [-0.3, -0.25) is 9.59 Å². The average molecular weight is 358 g/mol. The Balaban J connectivity index is 1.43. The zero-order valence-electron chi connectivity index (χ0n) is 14.5. The van der Waals surface area contributed by atoms with Gasteiger partial charge in [0.1, 0.15) is 11.4 Å². The van der Waals surface area contributed by atoms with Crippen LogP contribution in [0.15, 0.2) is 23.1 Å². The lowest BCUT2D eigenvalue weighted by Gasteiger charge is -2.36. The van der Waals surface area contributed by atoms with Crippen LogP contribution in [0.5, 0.6) is 5.88 Å². The lowest BCUT2D eigenvalue weighted by molar-refractivity contribution is 0.0943. The summed E-state index contributed by atoms with van der Waals surface area (Å²) in [5.74, 6) is 1.11. The van der Waals surface area contributed by atoms with Crippen molar-refractivity contribution in [1.29, 1.82) is 0 Å². The summed E-state index contributed by atoms with van der Waals surface area (Å²) < 4.78 is 7.33. The molecule has 2 N–H and O–H groups in total. The predicted molar refractivity (Wildman–Crippen MR) is 94.5 cm³/mol. The first kappa shape index (κ1) is 16.6. The number of carbonyl (C=O) groups excluding carboxylic acids is 1. The highest BCUT2D eigenvalue weighted by molar-refractivity contribution is 5.96. The number of piperidine rings is 1. The fraction of sp³-hybridized carbons (Fsp3) is 0.529. The lowest BCUT2D eigenvalue weighted by atomic mass is 10.0. The summed E-state index contributed by atoms with van der Waals surface area (Å²) in [6, 6.07) is 3.34. The SMILES string of the molecule is O=C(NCC1CCCCN1c1ccc(=O)[nH]n1)c1cnn2c1OCCC2. The molecule has 0 saturated carbocycles. The van der Waals surface area contributed by atoms with Crippen LogP contribution < -0.4 is 20.5 Å². The van der Waals surface area contributed by atoms with Crippen LogP contribution in [0.25, 0.3) is 0 Å². The number of amides is 1. The average Bonchev–Trinajstić information content (AvgIpc) is 3.11. The van der Waals surface area contributed by atoms with E-state index >= 15 is 0 Å². The molecular weight excluding hydrogens is 336 g/mol. The van der Waals surface area contributed by atoms with Gasteiger partial charge in [0.05, 0.1) is 12.8 Å². The Labute approximate surface area is 150 Å². The Morgan fingerprint density at radius 3 is 3.08 bits per heavy atom. The zero-order chi connectivity index (χ0) is 17.9. The molecule has 2 aliphatic rings. The summed E-state index contributed by atoms with van der Waals surface area (Å²) in [6.07, 6.45) is 5.60. The van der Waals surface area contributed by atoms with E-state index in [2.05, 4.69) is 25.5 Å². The molecule has 2 aromatic heterocycles. The van der Waals surface area contributed by atoms with Crippen LogP contribution in [-0.4, -0.2) is 51.6 Å². The van der Waals surface area contributed by atoms with Crippen molar-refractivity contribution in [3.05, 3.63) is 34.2 Å². The minimum Gasteiger partial charge on any atom is -0.477 e. The Kier molecular flexibility index (Phi) is 4.59. The second kappa shape index (κ2) is 7.19. The van der Waals surface area contributed by atoms with Crippen LogP contribution in [0.2, 0.25) is 0 Å². The van der Waals surface area contributed by atoms with E-state index in [1.807, 2.05) is 0 Å². The molecule has 9 nitrogen and oxygen atoms in total. The highest BCUT2D eigenvalue weighted by Gasteiger charge is 2.26. The van der Waals surface area contributed by atoms with Crippen molar-refractivity contribution in [2.75, 3.05) is 24.6 Å². The van der Waals surface area contributed by atoms with Crippen LogP contribution >= 0.6 is 0 Å². The highest BCUT2D eigenvalue weighted by Crippen LogP contribution is 2.24. The Morgan fingerprint density at radius 2 is 2.23 bits per heavy atom. The molecule has 4 rings (SSSR count). The van der Waals surface area contributed by atoms with Crippen molar-refractivity contribution >= 4 is 11.7 Å².